The van der Waals surface area contributed by atoms with Crippen LogP contribution in [0, 0.1) is 5.82 Å². The number of nitrogens with zero attached hydrogens (tertiary/aromatic N) is 1. The number of hydrogen-bond donors (Lipinski definition) is 1. The topological polar surface area (TPSA) is 33.1 Å². The number of hydrogen-bond acceptors (Lipinski definition) is 2. The van der Waals surface area contributed by atoms with Gasteiger partial charge in [0.25, 0.3) is 0 Å². The van der Waals surface area contributed by atoms with Crippen molar-refractivity contribution in [3.63, 3.8) is 0 Å². The number of benzene rings is 1. The van der Waals surface area contributed by atoms with Crippen LogP contribution in [0.5, 0.6) is 0 Å². The van der Waals surface area contributed by atoms with E-state index in [1.54, 1.807) is 24.3 Å². The summed E-state index contributed by atoms with van der Waals surface area (Å²) in [5.41, 5.74) is 1.61. The Morgan fingerprint density at radius 3 is 2.62 bits per heavy atom. The van der Waals surface area contributed by atoms with E-state index in [1.807, 2.05) is 0 Å². The zero-order valence-corrected chi connectivity index (χ0v) is 9.08. The Hall–Kier alpha value is -1.45. The van der Waals surface area contributed by atoms with E-state index < -0.39 is 5.82 Å². The maximum atomic E-state index is 13.5. The second-order valence-corrected chi connectivity index (χ2v) is 3.77. The predicted octanol–water partition coefficient (Wildman–Crippen LogP) is 3.03. The van der Waals surface area contributed by atoms with Crippen LogP contribution in [0.25, 0.3) is 11.3 Å². The van der Waals surface area contributed by atoms with Crippen LogP contribution in [0.3, 0.4) is 0 Å². The van der Waals surface area contributed by atoms with Gasteiger partial charge in [-0.25, -0.2) is 4.39 Å². The first-order valence-electron chi connectivity index (χ1n) is 4.72. The Kier molecular flexibility index (Phi) is 3.17. The molecule has 1 aromatic heterocycles. The van der Waals surface area contributed by atoms with Gasteiger partial charge in [0.05, 0.1) is 12.3 Å². The maximum Gasteiger partial charge on any atom is 0.134 e. The molecule has 0 bridgehead atoms. The maximum absolute atomic E-state index is 13.5. The molecule has 0 spiro atoms. The molecule has 1 aromatic carbocycles. The van der Waals surface area contributed by atoms with Crippen molar-refractivity contribution >= 4 is 11.6 Å². The van der Waals surface area contributed by atoms with Gasteiger partial charge in [-0.2, -0.15) is 0 Å². The Morgan fingerprint density at radius 1 is 1.25 bits per heavy atom. The summed E-state index contributed by atoms with van der Waals surface area (Å²) in [5, 5.41) is 9.21. The first-order chi connectivity index (χ1) is 7.70. The van der Waals surface area contributed by atoms with Crippen LogP contribution >= 0.6 is 11.6 Å². The van der Waals surface area contributed by atoms with Crippen LogP contribution in [0.2, 0.25) is 5.02 Å². The van der Waals surface area contributed by atoms with Gasteiger partial charge >= 0.3 is 0 Å². The molecule has 0 aliphatic heterocycles. The monoisotopic (exact) mass is 237 g/mol. The van der Waals surface area contributed by atoms with Crippen molar-refractivity contribution in [2.75, 3.05) is 0 Å². The number of aliphatic hydroxyl groups is 1. The van der Waals surface area contributed by atoms with Gasteiger partial charge in [-0.1, -0.05) is 17.7 Å². The quantitative estimate of drug-likeness (QED) is 0.871. The Morgan fingerprint density at radius 2 is 2.06 bits per heavy atom. The largest absolute Gasteiger partial charge is 0.392 e. The molecule has 1 heterocycles. The number of aromatic nitrogens is 1. The van der Waals surface area contributed by atoms with Crippen LogP contribution in [0.15, 0.2) is 36.5 Å². The second-order valence-electron chi connectivity index (χ2n) is 3.33. The molecule has 82 valence electrons. The van der Waals surface area contributed by atoms with E-state index in [4.69, 9.17) is 16.7 Å². The van der Waals surface area contributed by atoms with Crippen molar-refractivity contribution in [3.8, 4) is 11.3 Å². The predicted molar refractivity (Wildman–Crippen MR) is 60.6 cm³/mol. The highest BCUT2D eigenvalue weighted by Crippen LogP contribution is 2.23. The minimum absolute atomic E-state index is 0.0730. The van der Waals surface area contributed by atoms with Gasteiger partial charge in [0.1, 0.15) is 5.82 Å². The molecule has 16 heavy (non-hydrogen) atoms. The summed E-state index contributed by atoms with van der Waals surface area (Å²) >= 11 is 5.66. The number of aliphatic hydroxyl groups excluding tert-OH is 1. The second kappa shape index (κ2) is 4.60. The summed E-state index contributed by atoms with van der Waals surface area (Å²) in [4.78, 5) is 4.07. The SMILES string of the molecule is OCc1ccc(-c2ccc(Cl)cc2F)nc1. The fraction of sp³-hybridized carbons (Fsp3) is 0.0833. The standard InChI is InChI=1S/C12H9ClFNO/c13-9-2-3-10(11(14)5-9)12-4-1-8(7-16)6-15-12/h1-6,16H,7H2. The van der Waals surface area contributed by atoms with Crippen LogP contribution < -0.4 is 0 Å². The molecular weight excluding hydrogens is 229 g/mol. The third kappa shape index (κ3) is 2.21. The lowest BCUT2D eigenvalue weighted by Gasteiger charge is -2.03. The third-order valence-electron chi connectivity index (χ3n) is 2.21. The van der Waals surface area contributed by atoms with Crippen LogP contribution in [-0.2, 0) is 6.61 Å². The number of halogens is 2. The molecule has 2 aromatic rings. The summed E-state index contributed by atoms with van der Waals surface area (Å²) in [6.07, 6.45) is 1.52. The minimum atomic E-state index is -0.406. The molecule has 0 amide bonds. The molecule has 0 saturated heterocycles. The first kappa shape index (κ1) is 11.0. The molecule has 0 aliphatic carbocycles. The van der Waals surface area contributed by atoms with E-state index in [-0.39, 0.29) is 6.61 Å². The molecule has 1 N–H and O–H groups in total. The first-order valence-corrected chi connectivity index (χ1v) is 5.09. The van der Waals surface area contributed by atoms with Crippen molar-refractivity contribution < 1.29 is 9.50 Å². The molecule has 0 aliphatic rings. The Bertz CT molecular complexity index is 499. The lowest BCUT2D eigenvalue weighted by Crippen LogP contribution is -1.90. The van der Waals surface area contributed by atoms with Crippen molar-refractivity contribution in [2.24, 2.45) is 0 Å². The van der Waals surface area contributed by atoms with Gasteiger partial charge in [0.15, 0.2) is 0 Å². The van der Waals surface area contributed by atoms with Gasteiger partial charge in [0, 0.05) is 16.8 Å². The van der Waals surface area contributed by atoms with Crippen molar-refractivity contribution in [3.05, 3.63) is 52.9 Å². The van der Waals surface area contributed by atoms with Gasteiger partial charge in [0.2, 0.25) is 0 Å². The average Bonchev–Trinajstić information content (AvgIpc) is 2.29. The Labute approximate surface area is 97.3 Å². The lowest BCUT2D eigenvalue weighted by atomic mass is 10.1. The molecule has 0 atom stereocenters. The summed E-state index contributed by atoms with van der Waals surface area (Å²) in [6, 6.07) is 7.81. The molecule has 2 rings (SSSR count). The highest BCUT2D eigenvalue weighted by molar-refractivity contribution is 6.30. The van der Waals surface area contributed by atoms with E-state index >= 15 is 0 Å². The highest BCUT2D eigenvalue weighted by atomic mass is 35.5. The van der Waals surface area contributed by atoms with E-state index in [1.165, 1.54) is 12.3 Å². The average molecular weight is 238 g/mol. The van der Waals surface area contributed by atoms with E-state index in [0.717, 1.165) is 0 Å². The van der Waals surface area contributed by atoms with Crippen LogP contribution in [0.4, 0.5) is 4.39 Å². The van der Waals surface area contributed by atoms with Crippen LogP contribution in [0.1, 0.15) is 5.56 Å². The van der Waals surface area contributed by atoms with Gasteiger partial charge in [-0.3, -0.25) is 4.98 Å². The van der Waals surface area contributed by atoms with Gasteiger partial charge < -0.3 is 5.11 Å². The highest BCUT2D eigenvalue weighted by Gasteiger charge is 2.06. The molecular formula is C12H9ClFNO. The van der Waals surface area contributed by atoms with Crippen LogP contribution in [-0.4, -0.2) is 10.1 Å². The minimum Gasteiger partial charge on any atom is -0.392 e. The summed E-state index contributed by atoms with van der Waals surface area (Å²) in [5.74, 6) is -0.406. The molecule has 0 radical (unpaired) electrons. The zero-order valence-electron chi connectivity index (χ0n) is 8.32. The normalized spacial score (nSPS) is 10.4. The van der Waals surface area contributed by atoms with E-state index in [9.17, 15) is 4.39 Å². The van der Waals surface area contributed by atoms with E-state index in [0.29, 0.717) is 21.8 Å². The van der Waals surface area contributed by atoms with Gasteiger partial charge in [-0.15, -0.1) is 0 Å². The third-order valence-corrected chi connectivity index (χ3v) is 2.45. The Balaban J connectivity index is 2.42. The molecule has 2 nitrogen and oxygen atoms in total. The molecule has 0 unspecified atom stereocenters. The number of rotatable bonds is 2. The van der Waals surface area contributed by atoms with Crippen molar-refractivity contribution in [1.29, 1.82) is 0 Å². The zero-order chi connectivity index (χ0) is 11.5. The smallest absolute Gasteiger partial charge is 0.134 e. The molecule has 4 heteroatoms. The van der Waals surface area contributed by atoms with Crippen molar-refractivity contribution in [2.45, 2.75) is 6.61 Å². The summed E-state index contributed by atoms with van der Waals surface area (Å²) in [6.45, 7) is -0.0730. The summed E-state index contributed by atoms with van der Waals surface area (Å²) in [7, 11) is 0. The van der Waals surface area contributed by atoms with Crippen molar-refractivity contribution in [1.82, 2.24) is 4.98 Å². The molecule has 0 fully saturated rings. The molecule has 0 saturated carbocycles. The van der Waals surface area contributed by atoms with Gasteiger partial charge in [-0.05, 0) is 29.8 Å². The lowest BCUT2D eigenvalue weighted by molar-refractivity contribution is 0.281. The number of pyridine rings is 1. The summed E-state index contributed by atoms with van der Waals surface area (Å²) < 4.78 is 13.5. The fourth-order valence-corrected chi connectivity index (χ4v) is 1.53. The van der Waals surface area contributed by atoms with E-state index in [2.05, 4.69) is 4.98 Å². The fourth-order valence-electron chi connectivity index (χ4n) is 1.37.